The van der Waals surface area contributed by atoms with E-state index < -0.39 is 0 Å². The predicted octanol–water partition coefficient (Wildman–Crippen LogP) is 4.13. The molecule has 8 nitrogen and oxygen atoms in total. The number of piperazine rings is 1. The smallest absolute Gasteiger partial charge is 0.286 e. The minimum Gasteiger partial charge on any atom is -0.378 e. The van der Waals surface area contributed by atoms with Crippen LogP contribution < -0.4 is 4.90 Å². The average Bonchev–Trinajstić information content (AvgIpc) is 3.33. The number of amides is 1. The van der Waals surface area contributed by atoms with Crippen LogP contribution in [0.2, 0.25) is 0 Å². The number of aromatic nitrogens is 2. The number of ether oxygens (including phenoxy) is 1. The average molecular weight is 529 g/mol. The second-order valence-corrected chi connectivity index (χ2v) is 10.8. The Kier molecular flexibility index (Phi) is 7.40. The van der Waals surface area contributed by atoms with Gasteiger partial charge in [0.1, 0.15) is 6.33 Å². The lowest BCUT2D eigenvalue weighted by molar-refractivity contribution is -0.113. The number of carbonyl (C=O) groups is 1. The quantitative estimate of drug-likeness (QED) is 0.458. The number of aliphatic imine (C=N–C) groups is 1. The van der Waals surface area contributed by atoms with Gasteiger partial charge in [-0.15, -0.1) is 0 Å². The minimum absolute atomic E-state index is 0.188. The number of carbonyl (C=O) groups excluding carboxylic acids is 1. The first-order chi connectivity index (χ1) is 18.7. The van der Waals surface area contributed by atoms with Crippen LogP contribution in [0.15, 0.2) is 58.7 Å². The third-order valence-electron chi connectivity index (χ3n) is 7.27. The van der Waals surface area contributed by atoms with Gasteiger partial charge in [0.05, 0.1) is 29.3 Å². The van der Waals surface area contributed by atoms with E-state index in [1.807, 2.05) is 18.2 Å². The van der Waals surface area contributed by atoms with Gasteiger partial charge < -0.3 is 14.5 Å². The fourth-order valence-electron chi connectivity index (χ4n) is 5.21. The molecule has 1 aromatic heterocycles. The second-order valence-electron chi connectivity index (χ2n) is 9.78. The summed E-state index contributed by atoms with van der Waals surface area (Å²) in [5, 5.41) is 1.73. The molecule has 0 unspecified atom stereocenters. The van der Waals surface area contributed by atoms with Crippen molar-refractivity contribution in [1.29, 1.82) is 0 Å². The van der Waals surface area contributed by atoms with Crippen LogP contribution in [-0.2, 0) is 9.53 Å². The molecule has 0 radical (unpaired) electrons. The molecule has 9 heteroatoms. The van der Waals surface area contributed by atoms with Gasteiger partial charge >= 0.3 is 0 Å². The maximum Gasteiger partial charge on any atom is 0.286 e. The molecule has 3 aliphatic rings. The Labute approximate surface area is 227 Å². The summed E-state index contributed by atoms with van der Waals surface area (Å²) in [4.78, 5) is 33.8. The van der Waals surface area contributed by atoms with Crippen molar-refractivity contribution in [2.75, 3.05) is 63.9 Å². The van der Waals surface area contributed by atoms with Gasteiger partial charge in [0.2, 0.25) is 0 Å². The SMILES string of the molecule is CCCN1CCN(c2ccc(-c3ncnc4ccc(C=C5SC(N6CCOCC6)=NC5=O)cc34)cc2)CC1. The summed E-state index contributed by atoms with van der Waals surface area (Å²) in [5.41, 5.74) is 5.01. The van der Waals surface area contributed by atoms with Gasteiger partial charge in [-0.3, -0.25) is 9.69 Å². The Bertz CT molecular complexity index is 1380. The van der Waals surface area contributed by atoms with E-state index in [4.69, 9.17) is 4.74 Å². The topological polar surface area (TPSA) is 74.2 Å². The Morgan fingerprint density at radius 3 is 2.50 bits per heavy atom. The van der Waals surface area contributed by atoms with Crippen LogP contribution in [0.25, 0.3) is 28.2 Å². The molecule has 0 atom stereocenters. The summed E-state index contributed by atoms with van der Waals surface area (Å²) in [6.07, 6.45) is 4.75. The molecule has 0 aliphatic carbocycles. The number of hydrogen-bond acceptors (Lipinski definition) is 8. The van der Waals surface area contributed by atoms with Crippen LogP contribution in [0.1, 0.15) is 18.9 Å². The highest BCUT2D eigenvalue weighted by Gasteiger charge is 2.27. The molecule has 1 amide bonds. The molecule has 2 aromatic carbocycles. The fourth-order valence-corrected chi connectivity index (χ4v) is 6.17. The molecule has 0 saturated carbocycles. The zero-order valence-corrected chi connectivity index (χ0v) is 22.5. The minimum atomic E-state index is -0.188. The van der Waals surface area contributed by atoms with Crippen molar-refractivity contribution in [2.45, 2.75) is 13.3 Å². The van der Waals surface area contributed by atoms with E-state index in [2.05, 4.69) is 66.9 Å². The van der Waals surface area contributed by atoms with Gasteiger partial charge in [0.15, 0.2) is 5.17 Å². The van der Waals surface area contributed by atoms with Crippen LogP contribution in [0, 0.1) is 0 Å². The van der Waals surface area contributed by atoms with Gasteiger partial charge in [-0.2, -0.15) is 4.99 Å². The van der Waals surface area contributed by atoms with Gasteiger partial charge in [0, 0.05) is 55.9 Å². The van der Waals surface area contributed by atoms with Gasteiger partial charge in [0.25, 0.3) is 5.91 Å². The van der Waals surface area contributed by atoms with Gasteiger partial charge in [-0.25, -0.2) is 9.97 Å². The number of amidine groups is 1. The number of fused-ring (bicyclic) bond motifs is 1. The normalized spacial score (nSPS) is 20.0. The van der Waals surface area contributed by atoms with Crippen molar-refractivity contribution >= 4 is 45.5 Å². The number of benzene rings is 2. The molecule has 2 saturated heterocycles. The molecule has 4 heterocycles. The molecule has 0 bridgehead atoms. The third kappa shape index (κ3) is 5.32. The van der Waals surface area contributed by atoms with E-state index in [9.17, 15) is 4.79 Å². The Morgan fingerprint density at radius 1 is 0.947 bits per heavy atom. The predicted molar refractivity (Wildman–Crippen MR) is 154 cm³/mol. The highest BCUT2D eigenvalue weighted by atomic mass is 32.2. The standard InChI is InChI=1S/C29H32N6O2S/c1-2-9-33-10-12-34(13-11-33)23-6-4-22(5-7-23)27-24-18-21(3-8-25(24)30-20-31-27)19-26-28(36)32-29(38-26)35-14-16-37-17-15-35/h3-8,18-20H,2,9-17H2,1H3. The molecular formula is C29H32N6O2S. The van der Waals surface area contributed by atoms with E-state index in [1.54, 1.807) is 6.33 Å². The lowest BCUT2D eigenvalue weighted by Gasteiger charge is -2.36. The first kappa shape index (κ1) is 25.0. The largest absolute Gasteiger partial charge is 0.378 e. The molecular weight excluding hydrogens is 496 g/mol. The summed E-state index contributed by atoms with van der Waals surface area (Å²) in [6.45, 7) is 10.6. The van der Waals surface area contributed by atoms with Crippen molar-refractivity contribution in [3.8, 4) is 11.3 Å². The first-order valence-electron chi connectivity index (χ1n) is 13.4. The number of rotatable bonds is 5. The molecule has 38 heavy (non-hydrogen) atoms. The number of morpholine rings is 1. The van der Waals surface area contributed by atoms with Crippen molar-refractivity contribution < 1.29 is 9.53 Å². The van der Waals surface area contributed by atoms with E-state index in [0.717, 1.165) is 72.2 Å². The Balaban J connectivity index is 1.22. The third-order valence-corrected chi connectivity index (χ3v) is 8.31. The van der Waals surface area contributed by atoms with Crippen LogP contribution >= 0.6 is 11.8 Å². The molecule has 0 N–H and O–H groups in total. The van der Waals surface area contributed by atoms with Crippen molar-refractivity contribution in [1.82, 2.24) is 19.8 Å². The van der Waals surface area contributed by atoms with E-state index >= 15 is 0 Å². The van der Waals surface area contributed by atoms with E-state index in [0.29, 0.717) is 18.1 Å². The van der Waals surface area contributed by atoms with Crippen molar-refractivity contribution in [3.05, 3.63) is 59.3 Å². The van der Waals surface area contributed by atoms with Crippen LogP contribution in [-0.4, -0.2) is 89.9 Å². The summed E-state index contributed by atoms with van der Waals surface area (Å²) in [7, 11) is 0. The summed E-state index contributed by atoms with van der Waals surface area (Å²) in [6, 6.07) is 14.8. The van der Waals surface area contributed by atoms with Crippen molar-refractivity contribution in [2.24, 2.45) is 4.99 Å². The molecule has 3 aromatic rings. The van der Waals surface area contributed by atoms with Crippen LogP contribution in [0.3, 0.4) is 0 Å². The highest BCUT2D eigenvalue weighted by Crippen LogP contribution is 2.33. The molecule has 2 fully saturated rings. The number of thioether (sulfide) groups is 1. The zero-order chi connectivity index (χ0) is 25.9. The maximum absolute atomic E-state index is 12.6. The van der Waals surface area contributed by atoms with E-state index in [-0.39, 0.29) is 5.91 Å². The van der Waals surface area contributed by atoms with Gasteiger partial charge in [-0.05, 0) is 60.6 Å². The van der Waals surface area contributed by atoms with Crippen LogP contribution in [0.5, 0.6) is 0 Å². The Hall–Kier alpha value is -3.27. The first-order valence-corrected chi connectivity index (χ1v) is 14.2. The van der Waals surface area contributed by atoms with E-state index in [1.165, 1.54) is 30.4 Å². The number of anilines is 1. The highest BCUT2D eigenvalue weighted by molar-refractivity contribution is 8.18. The molecule has 196 valence electrons. The summed E-state index contributed by atoms with van der Waals surface area (Å²) < 4.78 is 5.43. The van der Waals surface area contributed by atoms with Crippen molar-refractivity contribution in [3.63, 3.8) is 0 Å². The Morgan fingerprint density at radius 2 is 1.74 bits per heavy atom. The zero-order valence-electron chi connectivity index (χ0n) is 21.7. The van der Waals surface area contributed by atoms with Gasteiger partial charge in [-0.1, -0.05) is 25.1 Å². The monoisotopic (exact) mass is 528 g/mol. The molecule has 3 aliphatic heterocycles. The maximum atomic E-state index is 12.6. The lowest BCUT2D eigenvalue weighted by Crippen LogP contribution is -2.46. The van der Waals surface area contributed by atoms with Crippen LogP contribution in [0.4, 0.5) is 5.69 Å². The summed E-state index contributed by atoms with van der Waals surface area (Å²) in [5.74, 6) is -0.188. The second kappa shape index (κ2) is 11.2. The lowest BCUT2D eigenvalue weighted by atomic mass is 10.0. The molecule has 6 rings (SSSR count). The number of hydrogen-bond donors (Lipinski definition) is 0. The number of nitrogens with zero attached hydrogens (tertiary/aromatic N) is 6. The molecule has 0 spiro atoms. The summed E-state index contributed by atoms with van der Waals surface area (Å²) >= 11 is 1.44. The fraction of sp³-hybridized carbons (Fsp3) is 0.379.